The van der Waals surface area contributed by atoms with Crippen LogP contribution < -0.4 is 0 Å². The van der Waals surface area contributed by atoms with Gasteiger partial charge in [0, 0.05) is 12.2 Å². The van der Waals surface area contributed by atoms with E-state index in [2.05, 4.69) is 11.4 Å². The van der Waals surface area contributed by atoms with Crippen LogP contribution in [0.1, 0.15) is 123 Å². The van der Waals surface area contributed by atoms with E-state index in [1.807, 2.05) is 39.8 Å². The lowest BCUT2D eigenvalue weighted by molar-refractivity contribution is -0.896. The maximum atomic E-state index is 12.3. The molecule has 0 aromatic rings. The first-order chi connectivity index (χ1) is 18.0. The van der Waals surface area contributed by atoms with Crippen molar-refractivity contribution in [1.29, 1.82) is 0 Å². The van der Waals surface area contributed by atoms with Gasteiger partial charge in [0.2, 0.25) is 0 Å². The molecule has 7 nitrogen and oxygen atoms in total. The normalized spacial score (nSPS) is 14.0. The topological polar surface area (TPSA) is 93.1 Å². The third-order valence-electron chi connectivity index (χ3n) is 7.14. The Kier molecular flexibility index (Phi) is 23.5. The minimum absolute atomic E-state index is 0.0873. The van der Waals surface area contributed by atoms with Gasteiger partial charge in [-0.2, -0.15) is 11.8 Å². The van der Waals surface area contributed by atoms with Gasteiger partial charge < -0.3 is 19.0 Å². The summed E-state index contributed by atoms with van der Waals surface area (Å²) in [7, 11) is 1.26. The summed E-state index contributed by atoms with van der Waals surface area (Å²) in [6.45, 7) is 4.31. The molecule has 0 rings (SSSR count). The first kappa shape index (κ1) is 37.9. The lowest BCUT2D eigenvalue weighted by Crippen LogP contribution is -2.48. The van der Waals surface area contributed by atoms with Crippen LogP contribution >= 0.6 is 19.6 Å². The smallest absolute Gasteiger partial charge is 0.465 e. The molecular weight excluding hydrogens is 521 g/mol. The molecular formula is C29H61NO6PS+. The van der Waals surface area contributed by atoms with Gasteiger partial charge >= 0.3 is 13.8 Å². The van der Waals surface area contributed by atoms with E-state index in [0.717, 1.165) is 11.5 Å². The summed E-state index contributed by atoms with van der Waals surface area (Å²) in [5.41, 5.74) is 0. The molecule has 0 saturated carbocycles. The molecule has 0 aromatic carbocycles. The van der Waals surface area contributed by atoms with Crippen molar-refractivity contribution in [3.8, 4) is 0 Å². The average molecular weight is 583 g/mol. The number of hydrogen-bond acceptors (Lipinski definition) is 5. The number of unbranched alkanes of at least 4 members (excludes halogenated alkanes) is 15. The molecule has 0 spiro atoms. The van der Waals surface area contributed by atoms with Crippen LogP contribution in [0.4, 0.5) is 0 Å². The van der Waals surface area contributed by atoms with E-state index in [4.69, 9.17) is 14.5 Å². The fourth-order valence-corrected chi connectivity index (χ4v) is 5.83. The zero-order valence-corrected chi connectivity index (χ0v) is 27.0. The summed E-state index contributed by atoms with van der Waals surface area (Å²) >= 11 is 1.82. The van der Waals surface area contributed by atoms with Gasteiger partial charge in [-0.1, -0.05) is 110 Å². The zero-order valence-electron chi connectivity index (χ0n) is 25.3. The monoisotopic (exact) mass is 582 g/mol. The number of rotatable bonds is 27. The summed E-state index contributed by atoms with van der Waals surface area (Å²) in [4.78, 5) is 30.2. The number of ether oxygens (including phenoxy) is 1. The van der Waals surface area contributed by atoms with Crippen molar-refractivity contribution in [2.75, 3.05) is 45.9 Å². The average Bonchev–Trinajstić information content (AvgIpc) is 2.83. The number of carbonyl (C=O) groups is 1. The van der Waals surface area contributed by atoms with Crippen LogP contribution in [0.15, 0.2) is 0 Å². The number of carbonyl (C=O) groups excluding carboxylic acids is 1. The predicted molar refractivity (Wildman–Crippen MR) is 161 cm³/mol. The van der Waals surface area contributed by atoms with E-state index in [1.165, 1.54) is 103 Å². The third kappa shape index (κ3) is 24.9. The van der Waals surface area contributed by atoms with E-state index < -0.39 is 7.82 Å². The van der Waals surface area contributed by atoms with Crippen LogP contribution in [0.5, 0.6) is 0 Å². The van der Waals surface area contributed by atoms with Crippen molar-refractivity contribution in [1.82, 2.24) is 0 Å². The molecule has 2 atom stereocenters. The Balaban J connectivity index is 3.63. The van der Waals surface area contributed by atoms with E-state index >= 15 is 0 Å². The molecule has 0 aliphatic heterocycles. The quantitative estimate of drug-likeness (QED) is 0.0443. The molecule has 0 aliphatic carbocycles. The van der Waals surface area contributed by atoms with Crippen molar-refractivity contribution in [3.05, 3.63) is 0 Å². The summed E-state index contributed by atoms with van der Waals surface area (Å²) in [6, 6.07) is -0.185. The fourth-order valence-electron chi connectivity index (χ4n) is 4.40. The summed E-state index contributed by atoms with van der Waals surface area (Å²) in [6.07, 6.45) is 22.5. The molecule has 0 heterocycles. The summed E-state index contributed by atoms with van der Waals surface area (Å²) < 4.78 is 21.6. The van der Waals surface area contributed by atoms with Gasteiger partial charge in [-0.3, -0.25) is 9.32 Å². The lowest BCUT2D eigenvalue weighted by Gasteiger charge is -2.33. The molecule has 228 valence electrons. The molecule has 2 unspecified atom stereocenters. The SMILES string of the molecule is CCCCCCCCCCCCCCCCCCSCC(C)C(=O)OCCC(COP(=O)(O)O)[N+](C)(C)C. The fraction of sp³-hybridized carbons (Fsp3) is 0.966. The number of phosphoric ester groups is 1. The van der Waals surface area contributed by atoms with Crippen LogP contribution in [0.3, 0.4) is 0 Å². The third-order valence-corrected chi connectivity index (χ3v) is 8.94. The predicted octanol–water partition coefficient (Wildman–Crippen LogP) is 7.73. The molecule has 0 aliphatic rings. The Hall–Kier alpha value is -0.110. The highest BCUT2D eigenvalue weighted by Gasteiger charge is 2.28. The number of esters is 1. The molecule has 0 aromatic heterocycles. The number of phosphoric acid groups is 1. The largest absolute Gasteiger partial charge is 0.469 e. The van der Waals surface area contributed by atoms with Crippen molar-refractivity contribution < 1.29 is 32.9 Å². The minimum Gasteiger partial charge on any atom is -0.465 e. The van der Waals surface area contributed by atoms with Crippen LogP contribution in [-0.4, -0.2) is 72.1 Å². The first-order valence-corrected chi connectivity index (χ1v) is 17.9. The molecule has 0 amide bonds. The molecule has 38 heavy (non-hydrogen) atoms. The molecule has 9 heteroatoms. The lowest BCUT2D eigenvalue weighted by atomic mass is 10.0. The number of quaternary nitrogens is 1. The number of likely N-dealkylation sites (N-methyl/N-ethyl adjacent to an activating group) is 1. The van der Waals surface area contributed by atoms with E-state index in [0.29, 0.717) is 10.9 Å². The van der Waals surface area contributed by atoms with Crippen molar-refractivity contribution >= 4 is 25.6 Å². The van der Waals surface area contributed by atoms with E-state index in [1.54, 1.807) is 0 Å². The van der Waals surface area contributed by atoms with Gasteiger partial charge in [0.05, 0.1) is 33.7 Å². The Morgan fingerprint density at radius 2 is 1.26 bits per heavy atom. The molecule has 0 saturated heterocycles. The van der Waals surface area contributed by atoms with Gasteiger partial charge in [0.1, 0.15) is 12.6 Å². The molecule has 0 radical (unpaired) electrons. The molecule has 2 N–H and O–H groups in total. The van der Waals surface area contributed by atoms with Crippen LogP contribution in [0.2, 0.25) is 0 Å². The Morgan fingerprint density at radius 3 is 1.68 bits per heavy atom. The van der Waals surface area contributed by atoms with Crippen LogP contribution in [-0.2, 0) is 18.6 Å². The highest BCUT2D eigenvalue weighted by molar-refractivity contribution is 7.99. The van der Waals surface area contributed by atoms with Crippen molar-refractivity contribution in [3.63, 3.8) is 0 Å². The standard InChI is InChI=1S/C29H60NO6PS/c1-6-7-8-9-10-11-12-13-14-15-16-17-18-19-20-21-24-38-26-27(2)29(31)35-23-22-28(30(3,4)5)25-36-37(32,33)34/h27-28H,6-26H2,1-5H3,(H-,32,33,34)/p+1. The number of nitrogens with zero attached hydrogens (tertiary/aromatic N) is 1. The Labute approximate surface area is 239 Å². The number of thioether (sulfide) groups is 1. The first-order valence-electron chi connectivity index (χ1n) is 15.2. The highest BCUT2D eigenvalue weighted by atomic mass is 32.2. The van der Waals surface area contributed by atoms with Gasteiger partial charge in [0.25, 0.3) is 0 Å². The van der Waals surface area contributed by atoms with E-state index in [9.17, 15) is 9.36 Å². The van der Waals surface area contributed by atoms with Gasteiger partial charge in [-0.05, 0) is 12.2 Å². The molecule has 0 bridgehead atoms. The van der Waals surface area contributed by atoms with E-state index in [-0.39, 0.29) is 31.1 Å². The maximum absolute atomic E-state index is 12.3. The van der Waals surface area contributed by atoms with Gasteiger partial charge in [0.15, 0.2) is 0 Å². The zero-order chi connectivity index (χ0) is 28.7. The second-order valence-corrected chi connectivity index (χ2v) is 14.2. The van der Waals surface area contributed by atoms with Crippen LogP contribution in [0, 0.1) is 5.92 Å². The Bertz CT molecular complexity index is 610. The van der Waals surface area contributed by atoms with Crippen molar-refractivity contribution in [2.45, 2.75) is 129 Å². The number of hydrogen-bond donors (Lipinski definition) is 2. The van der Waals surface area contributed by atoms with Gasteiger partial charge in [-0.25, -0.2) is 4.57 Å². The van der Waals surface area contributed by atoms with Gasteiger partial charge in [-0.15, -0.1) is 0 Å². The second-order valence-electron chi connectivity index (χ2n) is 11.8. The summed E-state index contributed by atoms with van der Waals surface area (Å²) in [5, 5.41) is 0. The maximum Gasteiger partial charge on any atom is 0.469 e. The highest BCUT2D eigenvalue weighted by Crippen LogP contribution is 2.36. The minimum atomic E-state index is -4.51. The Morgan fingerprint density at radius 1 is 0.816 bits per heavy atom. The van der Waals surface area contributed by atoms with Crippen LogP contribution in [0.25, 0.3) is 0 Å². The van der Waals surface area contributed by atoms with Crippen molar-refractivity contribution in [2.24, 2.45) is 5.92 Å². The molecule has 0 fully saturated rings. The second kappa shape index (κ2) is 23.6. The summed E-state index contributed by atoms with van der Waals surface area (Å²) in [5.74, 6) is 1.48.